The van der Waals surface area contributed by atoms with Crippen molar-refractivity contribution in [2.75, 3.05) is 26.8 Å². The number of piperidine rings is 1. The van der Waals surface area contributed by atoms with Crippen LogP contribution in [0, 0.1) is 0 Å². The van der Waals surface area contributed by atoms with Crippen molar-refractivity contribution in [2.24, 2.45) is 0 Å². The second kappa shape index (κ2) is 9.82. The normalized spacial score (nSPS) is 14.8. The molecule has 1 fully saturated rings. The van der Waals surface area contributed by atoms with Gasteiger partial charge in [-0.3, -0.25) is 9.59 Å². The fraction of sp³-hybridized carbons (Fsp3) is 0.364. The van der Waals surface area contributed by atoms with Crippen LogP contribution >= 0.6 is 0 Å². The summed E-state index contributed by atoms with van der Waals surface area (Å²) < 4.78 is 16.0. The van der Waals surface area contributed by atoms with E-state index >= 15 is 0 Å². The Morgan fingerprint density at radius 1 is 1.24 bits per heavy atom. The average molecular weight is 398 g/mol. The first kappa shape index (κ1) is 20.5. The quantitative estimate of drug-likeness (QED) is 0.725. The highest BCUT2D eigenvalue weighted by Gasteiger charge is 2.25. The minimum atomic E-state index is -0.158. The maximum absolute atomic E-state index is 12.3. The van der Waals surface area contributed by atoms with Gasteiger partial charge >= 0.3 is 0 Å². The lowest BCUT2D eigenvalue weighted by atomic mass is 10.0. The number of methoxy groups -OCH3 is 1. The highest BCUT2D eigenvalue weighted by molar-refractivity contribution is 5.92. The summed E-state index contributed by atoms with van der Waals surface area (Å²) in [6.45, 7) is 3.61. The zero-order valence-corrected chi connectivity index (χ0v) is 16.7. The monoisotopic (exact) mass is 398 g/mol. The number of nitrogens with one attached hydrogen (secondary N) is 1. The van der Waals surface area contributed by atoms with E-state index < -0.39 is 0 Å². The number of benzene rings is 1. The third-order valence-corrected chi connectivity index (χ3v) is 4.78. The Balaban J connectivity index is 1.50. The molecule has 0 radical (unpaired) electrons. The van der Waals surface area contributed by atoms with Gasteiger partial charge in [-0.05, 0) is 55.7 Å². The minimum absolute atomic E-state index is 0.0441. The summed E-state index contributed by atoms with van der Waals surface area (Å²) in [7, 11) is 1.59. The maximum Gasteiger partial charge on any atom is 0.289 e. The van der Waals surface area contributed by atoms with E-state index in [-0.39, 0.29) is 17.9 Å². The lowest BCUT2D eigenvalue weighted by molar-refractivity contribution is -0.117. The van der Waals surface area contributed by atoms with Gasteiger partial charge < -0.3 is 24.1 Å². The van der Waals surface area contributed by atoms with Gasteiger partial charge in [0, 0.05) is 25.2 Å². The number of carbonyl (C=O) groups excluding carboxylic acids is 2. The Morgan fingerprint density at radius 2 is 2.03 bits per heavy atom. The van der Waals surface area contributed by atoms with Crippen LogP contribution in [0.5, 0.6) is 11.5 Å². The van der Waals surface area contributed by atoms with Gasteiger partial charge in [0.25, 0.3) is 5.91 Å². The van der Waals surface area contributed by atoms with Gasteiger partial charge in [-0.25, -0.2) is 0 Å². The summed E-state index contributed by atoms with van der Waals surface area (Å²) in [5.74, 6) is 1.38. The molecule has 7 heteroatoms. The predicted molar refractivity (Wildman–Crippen MR) is 109 cm³/mol. The molecule has 2 heterocycles. The number of rotatable bonds is 7. The Labute approximate surface area is 170 Å². The van der Waals surface area contributed by atoms with Crippen LogP contribution in [-0.4, -0.2) is 49.6 Å². The topological polar surface area (TPSA) is 81.0 Å². The Hall–Kier alpha value is -3.22. The van der Waals surface area contributed by atoms with Crippen LogP contribution in [0.3, 0.4) is 0 Å². The zero-order valence-electron chi connectivity index (χ0n) is 16.7. The van der Waals surface area contributed by atoms with Crippen LogP contribution in [0.15, 0.2) is 47.1 Å². The first-order valence-electron chi connectivity index (χ1n) is 9.73. The fourth-order valence-corrected chi connectivity index (χ4v) is 3.27. The molecule has 1 N–H and O–H groups in total. The van der Waals surface area contributed by atoms with Crippen LogP contribution in [0.1, 0.15) is 35.9 Å². The first-order valence-corrected chi connectivity index (χ1v) is 9.73. The summed E-state index contributed by atoms with van der Waals surface area (Å²) >= 11 is 0. The molecule has 154 valence electrons. The standard InChI is InChI=1S/C22H26N2O5/c1-3-28-20-15-16(6-8-18(20)27-2)7-9-21(25)23-17-10-12-24(13-11-17)22(26)19-5-4-14-29-19/h4-9,14-15,17H,3,10-13H2,1-2H3,(H,23,25)/b9-7+. The maximum atomic E-state index is 12.3. The molecule has 2 aromatic rings. The molecular formula is C22H26N2O5. The number of amides is 2. The number of carbonyl (C=O) groups is 2. The van der Waals surface area contributed by atoms with E-state index in [1.165, 1.54) is 12.3 Å². The predicted octanol–water partition coefficient (Wildman–Crippen LogP) is 3.12. The van der Waals surface area contributed by atoms with E-state index in [1.54, 1.807) is 30.2 Å². The SMILES string of the molecule is CCOc1cc(/C=C/C(=O)NC2CCN(C(=O)c3ccco3)CC2)ccc1OC. The number of nitrogens with zero attached hydrogens (tertiary/aromatic N) is 1. The van der Waals surface area contributed by atoms with Gasteiger partial charge in [0.05, 0.1) is 20.0 Å². The molecule has 0 unspecified atom stereocenters. The largest absolute Gasteiger partial charge is 0.493 e. The van der Waals surface area contributed by atoms with Crippen molar-refractivity contribution in [3.05, 3.63) is 54.0 Å². The molecule has 1 aliphatic heterocycles. The third-order valence-electron chi connectivity index (χ3n) is 4.78. The second-order valence-electron chi connectivity index (χ2n) is 6.73. The summed E-state index contributed by atoms with van der Waals surface area (Å²) in [5.41, 5.74) is 0.850. The summed E-state index contributed by atoms with van der Waals surface area (Å²) in [6.07, 6.45) is 6.17. The fourth-order valence-electron chi connectivity index (χ4n) is 3.27. The zero-order chi connectivity index (χ0) is 20.6. The van der Waals surface area contributed by atoms with E-state index in [0.29, 0.717) is 49.8 Å². The molecule has 0 bridgehead atoms. The third kappa shape index (κ3) is 5.40. The summed E-state index contributed by atoms with van der Waals surface area (Å²) in [4.78, 5) is 26.3. The highest BCUT2D eigenvalue weighted by Crippen LogP contribution is 2.28. The first-order chi connectivity index (χ1) is 14.1. The van der Waals surface area contributed by atoms with Crippen LogP contribution < -0.4 is 14.8 Å². The van der Waals surface area contributed by atoms with Gasteiger partial charge in [0.2, 0.25) is 5.91 Å². The molecule has 0 saturated carbocycles. The van der Waals surface area contributed by atoms with E-state index in [9.17, 15) is 9.59 Å². The van der Waals surface area contributed by atoms with E-state index in [4.69, 9.17) is 13.9 Å². The molecule has 29 heavy (non-hydrogen) atoms. The number of ether oxygens (including phenoxy) is 2. The number of hydrogen-bond acceptors (Lipinski definition) is 5. The van der Waals surface area contributed by atoms with Crippen molar-refractivity contribution < 1.29 is 23.5 Å². The molecule has 2 amide bonds. The van der Waals surface area contributed by atoms with Crippen molar-refractivity contribution in [3.8, 4) is 11.5 Å². The molecule has 1 aromatic carbocycles. The molecule has 3 rings (SSSR count). The van der Waals surface area contributed by atoms with Crippen molar-refractivity contribution in [1.29, 1.82) is 0 Å². The van der Waals surface area contributed by atoms with Gasteiger partial charge in [-0.1, -0.05) is 6.07 Å². The molecular weight excluding hydrogens is 372 g/mol. The Kier molecular flexibility index (Phi) is 6.94. The number of furan rings is 1. The molecule has 0 spiro atoms. The van der Waals surface area contributed by atoms with E-state index in [2.05, 4.69) is 5.32 Å². The Bertz CT molecular complexity index is 852. The Morgan fingerprint density at radius 3 is 2.69 bits per heavy atom. The molecule has 7 nitrogen and oxygen atoms in total. The van der Waals surface area contributed by atoms with Gasteiger partial charge in [0.1, 0.15) is 0 Å². The molecule has 1 aromatic heterocycles. The van der Waals surface area contributed by atoms with Gasteiger partial charge in [0.15, 0.2) is 17.3 Å². The molecule has 0 atom stereocenters. The second-order valence-corrected chi connectivity index (χ2v) is 6.73. The number of hydrogen-bond donors (Lipinski definition) is 1. The number of likely N-dealkylation sites (tertiary alicyclic amines) is 1. The lowest BCUT2D eigenvalue weighted by Gasteiger charge is -2.31. The van der Waals surface area contributed by atoms with E-state index in [1.807, 2.05) is 25.1 Å². The van der Waals surface area contributed by atoms with Crippen molar-refractivity contribution >= 4 is 17.9 Å². The smallest absolute Gasteiger partial charge is 0.289 e. The molecule has 1 saturated heterocycles. The van der Waals surface area contributed by atoms with Gasteiger partial charge in [-0.15, -0.1) is 0 Å². The van der Waals surface area contributed by atoms with Crippen molar-refractivity contribution in [2.45, 2.75) is 25.8 Å². The van der Waals surface area contributed by atoms with Crippen molar-refractivity contribution in [1.82, 2.24) is 10.2 Å². The minimum Gasteiger partial charge on any atom is -0.493 e. The highest BCUT2D eigenvalue weighted by atomic mass is 16.5. The average Bonchev–Trinajstić information content (AvgIpc) is 3.28. The van der Waals surface area contributed by atoms with E-state index in [0.717, 1.165) is 5.56 Å². The lowest BCUT2D eigenvalue weighted by Crippen LogP contribution is -2.46. The summed E-state index contributed by atoms with van der Waals surface area (Å²) in [6, 6.07) is 8.93. The van der Waals surface area contributed by atoms with Crippen molar-refractivity contribution in [3.63, 3.8) is 0 Å². The molecule has 0 aliphatic carbocycles. The van der Waals surface area contributed by atoms with Crippen LogP contribution in [0.25, 0.3) is 6.08 Å². The van der Waals surface area contributed by atoms with Crippen LogP contribution in [0.2, 0.25) is 0 Å². The molecule has 1 aliphatic rings. The van der Waals surface area contributed by atoms with Crippen LogP contribution in [-0.2, 0) is 4.79 Å². The summed E-state index contributed by atoms with van der Waals surface area (Å²) in [5, 5.41) is 3.00. The van der Waals surface area contributed by atoms with Crippen LogP contribution in [0.4, 0.5) is 0 Å². The van der Waals surface area contributed by atoms with Gasteiger partial charge in [-0.2, -0.15) is 0 Å².